The third-order valence-corrected chi connectivity index (χ3v) is 3.67. The second-order valence-corrected chi connectivity index (χ2v) is 5.34. The number of halogens is 1. The van der Waals surface area contributed by atoms with E-state index >= 15 is 0 Å². The molecule has 0 amide bonds. The molecule has 2 aromatic carbocycles. The molecule has 0 saturated carbocycles. The Morgan fingerprint density at radius 3 is 2.47 bits per heavy atom. The molecule has 0 spiro atoms. The molecule has 0 atom stereocenters. The fraction of sp³-hybridized carbons (Fsp3) is 0.250. The lowest BCUT2D eigenvalue weighted by Gasteiger charge is -2.09. The Kier molecular flexibility index (Phi) is 4.48. The molecule has 2 rings (SSSR count). The van der Waals surface area contributed by atoms with Gasteiger partial charge in [0.15, 0.2) is 0 Å². The third kappa shape index (κ3) is 3.51. The predicted octanol–water partition coefficient (Wildman–Crippen LogP) is 4.45. The number of rotatable bonds is 4. The molecular weight excluding hydrogens is 304 g/mol. The largest absolute Gasteiger partial charge is 0.507 e. The Morgan fingerprint density at radius 2 is 1.84 bits per heavy atom. The van der Waals surface area contributed by atoms with E-state index in [1.54, 1.807) is 6.07 Å². The van der Waals surface area contributed by atoms with Crippen molar-refractivity contribution in [3.63, 3.8) is 0 Å². The molecule has 0 aliphatic carbocycles. The highest BCUT2D eigenvalue weighted by Crippen LogP contribution is 2.28. The average molecular weight is 321 g/mol. The average Bonchev–Trinajstić information content (AvgIpc) is 2.38. The quantitative estimate of drug-likeness (QED) is 0.901. The van der Waals surface area contributed by atoms with Gasteiger partial charge in [0.2, 0.25) is 0 Å². The summed E-state index contributed by atoms with van der Waals surface area (Å²) in [6, 6.07) is 11.9. The van der Waals surface area contributed by atoms with Crippen LogP contribution in [0.4, 0.5) is 0 Å². The predicted molar refractivity (Wildman–Crippen MR) is 81.0 cm³/mol. The van der Waals surface area contributed by atoms with Crippen LogP contribution in [0.1, 0.15) is 23.6 Å². The fourth-order valence-corrected chi connectivity index (χ4v) is 2.38. The first-order chi connectivity index (χ1) is 9.10. The van der Waals surface area contributed by atoms with E-state index in [2.05, 4.69) is 28.1 Å². The summed E-state index contributed by atoms with van der Waals surface area (Å²) in [6.45, 7) is 4.67. The van der Waals surface area contributed by atoms with Gasteiger partial charge >= 0.3 is 0 Å². The molecule has 0 saturated heterocycles. The molecule has 0 radical (unpaired) electrons. The molecule has 2 nitrogen and oxygen atoms in total. The van der Waals surface area contributed by atoms with Crippen LogP contribution in [0.25, 0.3) is 0 Å². The van der Waals surface area contributed by atoms with Gasteiger partial charge in [0.05, 0.1) is 11.1 Å². The van der Waals surface area contributed by atoms with Gasteiger partial charge in [0, 0.05) is 0 Å². The van der Waals surface area contributed by atoms with Crippen LogP contribution in [0.5, 0.6) is 11.5 Å². The zero-order valence-corrected chi connectivity index (χ0v) is 12.7. The molecule has 0 unspecified atom stereocenters. The first kappa shape index (κ1) is 13.9. The maximum absolute atomic E-state index is 9.62. The standard InChI is InChI=1S/C16H17BrO2/c1-3-19-14-6-4-12(5-7-14)9-13-10-15(17)16(18)8-11(13)2/h4-8,10,18H,3,9H2,1-2H3. The van der Waals surface area contributed by atoms with Gasteiger partial charge in [-0.15, -0.1) is 0 Å². The molecule has 0 heterocycles. The second kappa shape index (κ2) is 6.11. The van der Waals surface area contributed by atoms with Crippen LogP contribution < -0.4 is 4.74 Å². The Hall–Kier alpha value is -1.48. The summed E-state index contributed by atoms with van der Waals surface area (Å²) in [5, 5.41) is 9.62. The third-order valence-electron chi connectivity index (χ3n) is 3.03. The Balaban J connectivity index is 2.19. The maximum atomic E-state index is 9.62. The van der Waals surface area contributed by atoms with Crippen molar-refractivity contribution in [3.05, 3.63) is 57.6 Å². The Morgan fingerprint density at radius 1 is 1.16 bits per heavy atom. The molecule has 0 aromatic heterocycles. The van der Waals surface area contributed by atoms with Gasteiger partial charge in [0.1, 0.15) is 11.5 Å². The van der Waals surface area contributed by atoms with Crippen molar-refractivity contribution < 1.29 is 9.84 Å². The lowest BCUT2D eigenvalue weighted by Crippen LogP contribution is -1.94. The van der Waals surface area contributed by atoms with Crippen LogP contribution in [-0.2, 0) is 6.42 Å². The summed E-state index contributed by atoms with van der Waals surface area (Å²) in [5.41, 5.74) is 3.52. The summed E-state index contributed by atoms with van der Waals surface area (Å²) in [4.78, 5) is 0. The SMILES string of the molecule is CCOc1ccc(Cc2cc(Br)c(O)cc2C)cc1. The monoisotopic (exact) mass is 320 g/mol. The molecule has 1 N–H and O–H groups in total. The highest BCUT2D eigenvalue weighted by molar-refractivity contribution is 9.10. The smallest absolute Gasteiger partial charge is 0.130 e. The number of hydrogen-bond acceptors (Lipinski definition) is 2. The van der Waals surface area contributed by atoms with E-state index in [0.29, 0.717) is 6.61 Å². The van der Waals surface area contributed by atoms with E-state index in [9.17, 15) is 5.11 Å². The van der Waals surface area contributed by atoms with Gasteiger partial charge in [-0.05, 0) is 77.2 Å². The van der Waals surface area contributed by atoms with Gasteiger partial charge in [0.25, 0.3) is 0 Å². The highest BCUT2D eigenvalue weighted by atomic mass is 79.9. The molecule has 19 heavy (non-hydrogen) atoms. The maximum Gasteiger partial charge on any atom is 0.130 e. The minimum atomic E-state index is 0.285. The summed E-state index contributed by atoms with van der Waals surface area (Å²) in [6.07, 6.45) is 0.844. The number of aromatic hydroxyl groups is 1. The van der Waals surface area contributed by atoms with Crippen molar-refractivity contribution >= 4 is 15.9 Å². The summed E-state index contributed by atoms with van der Waals surface area (Å²) in [7, 11) is 0. The number of phenols is 1. The van der Waals surface area contributed by atoms with Crippen molar-refractivity contribution in [1.82, 2.24) is 0 Å². The molecule has 2 aromatic rings. The number of ether oxygens (including phenoxy) is 1. The molecule has 100 valence electrons. The van der Waals surface area contributed by atoms with Crippen molar-refractivity contribution in [1.29, 1.82) is 0 Å². The summed E-state index contributed by atoms with van der Waals surface area (Å²) < 4.78 is 6.16. The lowest BCUT2D eigenvalue weighted by atomic mass is 10.0. The van der Waals surface area contributed by atoms with Gasteiger partial charge in [-0.25, -0.2) is 0 Å². The lowest BCUT2D eigenvalue weighted by molar-refractivity contribution is 0.340. The van der Waals surface area contributed by atoms with Gasteiger partial charge < -0.3 is 9.84 Å². The molecular formula is C16H17BrO2. The van der Waals surface area contributed by atoms with Crippen LogP contribution in [0.2, 0.25) is 0 Å². The van der Waals surface area contributed by atoms with Gasteiger partial charge in [-0.1, -0.05) is 12.1 Å². The first-order valence-corrected chi connectivity index (χ1v) is 7.09. The zero-order chi connectivity index (χ0) is 13.8. The Bertz CT molecular complexity index is 562. The molecule has 0 bridgehead atoms. The van der Waals surface area contributed by atoms with Crippen LogP contribution in [0.15, 0.2) is 40.9 Å². The van der Waals surface area contributed by atoms with Crippen molar-refractivity contribution in [2.45, 2.75) is 20.3 Å². The Labute approximate surface area is 122 Å². The minimum Gasteiger partial charge on any atom is -0.507 e. The van der Waals surface area contributed by atoms with Crippen LogP contribution in [-0.4, -0.2) is 11.7 Å². The van der Waals surface area contributed by atoms with E-state index in [1.807, 2.05) is 32.0 Å². The van der Waals surface area contributed by atoms with Crippen LogP contribution in [0.3, 0.4) is 0 Å². The molecule has 0 fully saturated rings. The van der Waals surface area contributed by atoms with E-state index in [-0.39, 0.29) is 5.75 Å². The van der Waals surface area contributed by atoms with Gasteiger partial charge in [-0.2, -0.15) is 0 Å². The molecule has 0 aliphatic rings. The molecule has 0 aliphatic heterocycles. The fourth-order valence-electron chi connectivity index (χ4n) is 1.99. The number of phenolic OH excluding ortho intramolecular Hbond substituents is 1. The van der Waals surface area contributed by atoms with E-state index in [4.69, 9.17) is 4.74 Å². The normalized spacial score (nSPS) is 10.5. The van der Waals surface area contributed by atoms with Crippen molar-refractivity contribution in [2.75, 3.05) is 6.61 Å². The topological polar surface area (TPSA) is 29.5 Å². The number of aryl methyl sites for hydroxylation is 1. The van der Waals surface area contributed by atoms with Crippen molar-refractivity contribution in [2.24, 2.45) is 0 Å². The summed E-state index contributed by atoms with van der Waals surface area (Å²) in [5.74, 6) is 1.18. The number of benzene rings is 2. The first-order valence-electron chi connectivity index (χ1n) is 6.30. The van der Waals surface area contributed by atoms with Crippen LogP contribution in [0, 0.1) is 6.92 Å². The number of hydrogen-bond donors (Lipinski definition) is 1. The second-order valence-electron chi connectivity index (χ2n) is 4.48. The minimum absolute atomic E-state index is 0.285. The summed E-state index contributed by atoms with van der Waals surface area (Å²) >= 11 is 3.36. The van der Waals surface area contributed by atoms with Crippen LogP contribution >= 0.6 is 15.9 Å². The highest BCUT2D eigenvalue weighted by Gasteiger charge is 2.05. The van der Waals surface area contributed by atoms with Crippen molar-refractivity contribution in [3.8, 4) is 11.5 Å². The zero-order valence-electron chi connectivity index (χ0n) is 11.1. The van der Waals surface area contributed by atoms with E-state index in [1.165, 1.54) is 11.1 Å². The van der Waals surface area contributed by atoms with E-state index < -0.39 is 0 Å². The molecule has 3 heteroatoms. The van der Waals surface area contributed by atoms with Gasteiger partial charge in [-0.3, -0.25) is 0 Å². The van der Waals surface area contributed by atoms with E-state index in [0.717, 1.165) is 22.2 Å².